The molecule has 0 atom stereocenters. The van der Waals surface area contributed by atoms with Gasteiger partial charge in [0.2, 0.25) is 4.96 Å². The number of aromatic nitrogens is 3. The van der Waals surface area contributed by atoms with Crippen molar-refractivity contribution >= 4 is 45.1 Å². The lowest BCUT2D eigenvalue weighted by Crippen LogP contribution is -2.23. The summed E-state index contributed by atoms with van der Waals surface area (Å²) in [5.74, 6) is -0.136. The van der Waals surface area contributed by atoms with E-state index < -0.39 is 0 Å². The number of hydrogen-bond donors (Lipinski definition) is 1. The average Bonchev–Trinajstić information content (AvgIpc) is 3.02. The van der Waals surface area contributed by atoms with Crippen molar-refractivity contribution in [3.63, 3.8) is 0 Å². The van der Waals surface area contributed by atoms with Crippen LogP contribution < -0.4 is 5.32 Å². The van der Waals surface area contributed by atoms with E-state index in [0.717, 1.165) is 21.4 Å². The highest BCUT2D eigenvalue weighted by Crippen LogP contribution is 2.22. The third-order valence-corrected chi connectivity index (χ3v) is 4.86. The molecule has 3 aromatic heterocycles. The molecular formula is C12H11ClN4OS2. The van der Waals surface area contributed by atoms with Crippen molar-refractivity contribution in [2.24, 2.45) is 0 Å². The molecule has 0 saturated heterocycles. The molecule has 0 aliphatic rings. The summed E-state index contributed by atoms with van der Waals surface area (Å²) >= 11 is 8.62. The molecule has 3 heterocycles. The molecule has 5 nitrogen and oxygen atoms in total. The molecule has 1 N–H and O–H groups in total. The number of imidazole rings is 1. The minimum atomic E-state index is -0.136. The molecule has 0 unspecified atom stereocenters. The molecule has 8 heteroatoms. The fraction of sp³-hybridized carbons (Fsp3) is 0.250. The van der Waals surface area contributed by atoms with Gasteiger partial charge in [-0.3, -0.25) is 4.79 Å². The zero-order chi connectivity index (χ0) is 14.3. The molecule has 20 heavy (non-hydrogen) atoms. The van der Waals surface area contributed by atoms with E-state index >= 15 is 0 Å². The van der Waals surface area contributed by atoms with Crippen LogP contribution in [-0.2, 0) is 6.54 Å². The van der Waals surface area contributed by atoms with Crippen molar-refractivity contribution in [3.05, 3.63) is 37.7 Å². The van der Waals surface area contributed by atoms with Gasteiger partial charge in [-0.1, -0.05) is 22.9 Å². The lowest BCUT2D eigenvalue weighted by Gasteiger charge is -2.03. The van der Waals surface area contributed by atoms with Crippen LogP contribution in [0.5, 0.6) is 0 Å². The minimum Gasteiger partial charge on any atom is -0.346 e. The van der Waals surface area contributed by atoms with Crippen LogP contribution in [0, 0.1) is 13.8 Å². The number of rotatable bonds is 3. The Morgan fingerprint density at radius 2 is 2.20 bits per heavy atom. The van der Waals surface area contributed by atoms with Crippen molar-refractivity contribution in [1.82, 2.24) is 19.9 Å². The standard InChI is InChI=1S/C12H11ClN4OS2/c1-6-8(17-12(15-6)19-7(2)16-17)5-14-11(18)9-3-4-10(13)20-9/h3-4H,5H2,1-2H3,(H,14,18). The molecule has 0 aliphatic heterocycles. The maximum absolute atomic E-state index is 12.0. The molecule has 3 rings (SSSR count). The average molecular weight is 327 g/mol. The second-order valence-electron chi connectivity index (χ2n) is 4.25. The van der Waals surface area contributed by atoms with E-state index in [1.807, 2.05) is 13.8 Å². The Kier molecular flexibility index (Phi) is 3.49. The van der Waals surface area contributed by atoms with Gasteiger partial charge in [0.05, 0.1) is 27.1 Å². The Hall–Kier alpha value is -1.44. The van der Waals surface area contributed by atoms with Crippen molar-refractivity contribution in [2.75, 3.05) is 0 Å². The summed E-state index contributed by atoms with van der Waals surface area (Å²) in [4.78, 5) is 17.9. The number of thiophene rings is 1. The Labute approximate surface area is 128 Å². The zero-order valence-corrected chi connectivity index (χ0v) is 13.2. The third-order valence-electron chi connectivity index (χ3n) is 2.81. The van der Waals surface area contributed by atoms with Crippen LogP contribution in [-0.4, -0.2) is 20.5 Å². The van der Waals surface area contributed by atoms with Crippen LogP contribution in [0.25, 0.3) is 4.96 Å². The highest BCUT2D eigenvalue weighted by Gasteiger charge is 2.14. The zero-order valence-electron chi connectivity index (χ0n) is 10.8. The van der Waals surface area contributed by atoms with Gasteiger partial charge in [0.25, 0.3) is 5.91 Å². The maximum atomic E-state index is 12.0. The van der Waals surface area contributed by atoms with E-state index in [2.05, 4.69) is 15.4 Å². The predicted molar refractivity (Wildman–Crippen MR) is 80.8 cm³/mol. The summed E-state index contributed by atoms with van der Waals surface area (Å²) < 4.78 is 2.39. The molecule has 0 saturated carbocycles. The number of nitrogens with one attached hydrogen (secondary N) is 1. The molecule has 0 radical (unpaired) electrons. The first-order valence-electron chi connectivity index (χ1n) is 5.90. The number of hydrogen-bond acceptors (Lipinski definition) is 5. The number of carbonyl (C=O) groups excluding carboxylic acids is 1. The third kappa shape index (κ3) is 2.44. The van der Waals surface area contributed by atoms with E-state index in [1.54, 1.807) is 16.6 Å². The van der Waals surface area contributed by atoms with Crippen LogP contribution in [0.3, 0.4) is 0 Å². The first-order chi connectivity index (χ1) is 9.54. The van der Waals surface area contributed by atoms with E-state index in [4.69, 9.17) is 11.6 Å². The van der Waals surface area contributed by atoms with Crippen molar-refractivity contribution < 1.29 is 4.79 Å². The van der Waals surface area contributed by atoms with Gasteiger partial charge >= 0.3 is 0 Å². The van der Waals surface area contributed by atoms with E-state index in [9.17, 15) is 4.79 Å². The second-order valence-corrected chi connectivity index (χ2v) is 7.12. The molecule has 0 fully saturated rings. The highest BCUT2D eigenvalue weighted by atomic mass is 35.5. The smallest absolute Gasteiger partial charge is 0.261 e. The maximum Gasteiger partial charge on any atom is 0.261 e. The van der Waals surface area contributed by atoms with Gasteiger partial charge in [0.1, 0.15) is 5.01 Å². The normalized spacial score (nSPS) is 11.2. The Balaban J connectivity index is 1.79. The summed E-state index contributed by atoms with van der Waals surface area (Å²) in [5.41, 5.74) is 1.79. The molecule has 0 aliphatic carbocycles. The lowest BCUT2D eigenvalue weighted by molar-refractivity contribution is 0.0954. The number of amides is 1. The Morgan fingerprint density at radius 3 is 2.90 bits per heavy atom. The van der Waals surface area contributed by atoms with Crippen molar-refractivity contribution in [2.45, 2.75) is 20.4 Å². The molecule has 1 amide bonds. The van der Waals surface area contributed by atoms with Gasteiger partial charge in [-0.25, -0.2) is 9.50 Å². The monoisotopic (exact) mass is 326 g/mol. The highest BCUT2D eigenvalue weighted by molar-refractivity contribution is 7.18. The van der Waals surface area contributed by atoms with Crippen LogP contribution >= 0.6 is 34.3 Å². The molecule has 0 aromatic carbocycles. The number of halogens is 1. The fourth-order valence-electron chi connectivity index (χ4n) is 1.88. The first-order valence-corrected chi connectivity index (χ1v) is 7.91. The Bertz CT molecular complexity index is 789. The number of carbonyl (C=O) groups is 1. The second kappa shape index (κ2) is 5.16. The van der Waals surface area contributed by atoms with Gasteiger partial charge in [-0.15, -0.1) is 11.3 Å². The summed E-state index contributed by atoms with van der Waals surface area (Å²) in [6, 6.07) is 3.43. The molecule has 3 aromatic rings. The Morgan fingerprint density at radius 1 is 1.40 bits per heavy atom. The van der Waals surface area contributed by atoms with Gasteiger partial charge in [0.15, 0.2) is 0 Å². The van der Waals surface area contributed by atoms with Gasteiger partial charge < -0.3 is 5.32 Å². The van der Waals surface area contributed by atoms with E-state index in [0.29, 0.717) is 15.8 Å². The molecule has 0 spiro atoms. The topological polar surface area (TPSA) is 59.3 Å². The number of aryl methyl sites for hydroxylation is 2. The van der Waals surface area contributed by atoms with Gasteiger partial charge in [-0.05, 0) is 26.0 Å². The van der Waals surface area contributed by atoms with E-state index in [-0.39, 0.29) is 5.91 Å². The fourth-order valence-corrected chi connectivity index (χ4v) is 3.64. The largest absolute Gasteiger partial charge is 0.346 e. The van der Waals surface area contributed by atoms with Gasteiger partial charge in [0, 0.05) is 0 Å². The molecular weight excluding hydrogens is 316 g/mol. The van der Waals surface area contributed by atoms with Gasteiger partial charge in [-0.2, -0.15) is 5.10 Å². The lowest BCUT2D eigenvalue weighted by atomic mass is 10.3. The molecule has 0 bridgehead atoms. The van der Waals surface area contributed by atoms with Crippen LogP contribution in [0.1, 0.15) is 26.1 Å². The van der Waals surface area contributed by atoms with Crippen molar-refractivity contribution in [3.8, 4) is 0 Å². The van der Waals surface area contributed by atoms with Crippen LogP contribution in [0.4, 0.5) is 0 Å². The first kappa shape index (κ1) is 13.5. The summed E-state index contributed by atoms with van der Waals surface area (Å²) in [7, 11) is 0. The number of fused-ring (bicyclic) bond motifs is 1. The van der Waals surface area contributed by atoms with Crippen LogP contribution in [0.15, 0.2) is 12.1 Å². The quantitative estimate of drug-likeness (QED) is 0.804. The number of nitrogens with zero attached hydrogens (tertiary/aromatic N) is 3. The summed E-state index contributed by atoms with van der Waals surface area (Å²) in [6.07, 6.45) is 0. The minimum absolute atomic E-state index is 0.136. The summed E-state index contributed by atoms with van der Waals surface area (Å²) in [6.45, 7) is 4.25. The summed E-state index contributed by atoms with van der Waals surface area (Å²) in [5, 5.41) is 8.21. The van der Waals surface area contributed by atoms with Crippen LogP contribution in [0.2, 0.25) is 4.34 Å². The van der Waals surface area contributed by atoms with Crippen molar-refractivity contribution in [1.29, 1.82) is 0 Å². The van der Waals surface area contributed by atoms with E-state index in [1.165, 1.54) is 22.7 Å². The molecule has 104 valence electrons. The predicted octanol–water partition coefficient (Wildman–Crippen LogP) is 3.05. The SMILES string of the molecule is Cc1nn2c(CNC(=O)c3ccc(Cl)s3)c(C)nc2s1.